The van der Waals surface area contributed by atoms with Gasteiger partial charge in [-0.25, -0.2) is 9.59 Å². The molecule has 6 nitrogen and oxygen atoms in total. The second kappa shape index (κ2) is 8.58. The second-order valence-corrected chi connectivity index (χ2v) is 6.62. The van der Waals surface area contributed by atoms with Crippen molar-refractivity contribution in [3.05, 3.63) is 57.0 Å². The summed E-state index contributed by atoms with van der Waals surface area (Å²) >= 11 is 0. The lowest BCUT2D eigenvalue weighted by atomic mass is 10.0. The summed E-state index contributed by atoms with van der Waals surface area (Å²) in [6.07, 6.45) is 5.93. The molecule has 27 heavy (non-hydrogen) atoms. The zero-order chi connectivity index (χ0) is 20.1. The lowest BCUT2D eigenvalue weighted by Crippen LogP contribution is -2.09. The minimum atomic E-state index is -1.20. The number of aromatic hydroxyl groups is 1. The van der Waals surface area contributed by atoms with Gasteiger partial charge in [-0.2, -0.15) is 0 Å². The summed E-state index contributed by atoms with van der Waals surface area (Å²) < 4.78 is 10.4. The van der Waals surface area contributed by atoms with Crippen LogP contribution in [0.5, 0.6) is 11.5 Å². The van der Waals surface area contributed by atoms with Crippen molar-refractivity contribution < 1.29 is 24.2 Å². The van der Waals surface area contributed by atoms with E-state index in [1.165, 1.54) is 24.8 Å². The highest BCUT2D eigenvalue weighted by Crippen LogP contribution is 2.37. The number of rotatable bonds is 7. The first-order valence-corrected chi connectivity index (χ1v) is 8.64. The van der Waals surface area contributed by atoms with Gasteiger partial charge in [-0.3, -0.25) is 0 Å². The summed E-state index contributed by atoms with van der Waals surface area (Å²) in [4.78, 5) is 23.6. The molecule has 0 radical (unpaired) electrons. The lowest BCUT2D eigenvalue weighted by molar-refractivity contribution is 0.0693. The van der Waals surface area contributed by atoms with Crippen molar-refractivity contribution in [1.82, 2.24) is 0 Å². The Morgan fingerprint density at radius 2 is 1.93 bits per heavy atom. The minimum absolute atomic E-state index is 0.0354. The van der Waals surface area contributed by atoms with E-state index in [0.717, 1.165) is 18.4 Å². The van der Waals surface area contributed by atoms with Gasteiger partial charge < -0.3 is 19.4 Å². The molecule has 0 bridgehead atoms. The molecule has 0 aliphatic rings. The van der Waals surface area contributed by atoms with Gasteiger partial charge in [-0.1, -0.05) is 23.3 Å². The Bertz CT molecular complexity index is 974. The molecule has 2 N–H and O–H groups in total. The zero-order valence-electron chi connectivity index (χ0n) is 16.0. The number of carboxylic acid groups (broad SMARTS) is 1. The maximum Gasteiger partial charge on any atom is 0.343 e. The van der Waals surface area contributed by atoms with Crippen molar-refractivity contribution in [3.8, 4) is 11.5 Å². The highest BCUT2D eigenvalue weighted by Gasteiger charge is 2.21. The van der Waals surface area contributed by atoms with Crippen LogP contribution in [-0.2, 0) is 6.42 Å². The number of carbonyl (C=O) groups is 1. The molecule has 0 aliphatic heterocycles. The quantitative estimate of drug-likeness (QED) is 0.551. The summed E-state index contributed by atoms with van der Waals surface area (Å²) in [7, 11) is 1.30. The SMILES string of the molecule is COc1c(C(=O)O)ccc2oc(=O)c(C/C=C(\C)CCC=C(C)C)c(O)c12. The molecule has 0 atom stereocenters. The van der Waals surface area contributed by atoms with Gasteiger partial charge in [0.25, 0.3) is 0 Å². The van der Waals surface area contributed by atoms with Crippen LogP contribution < -0.4 is 10.4 Å². The highest BCUT2D eigenvalue weighted by atomic mass is 16.5. The van der Waals surface area contributed by atoms with E-state index in [9.17, 15) is 19.8 Å². The number of hydrogen-bond donors (Lipinski definition) is 2. The lowest BCUT2D eigenvalue weighted by Gasteiger charge is -2.11. The molecular weight excluding hydrogens is 348 g/mol. The molecule has 0 spiro atoms. The topological polar surface area (TPSA) is 97.0 Å². The van der Waals surface area contributed by atoms with Crippen molar-refractivity contribution in [2.24, 2.45) is 0 Å². The third-order valence-electron chi connectivity index (χ3n) is 4.27. The Hall–Kier alpha value is -3.02. The Balaban J connectivity index is 2.47. The summed E-state index contributed by atoms with van der Waals surface area (Å²) in [6, 6.07) is 2.62. The molecular formula is C21H24O6. The van der Waals surface area contributed by atoms with Gasteiger partial charge in [-0.15, -0.1) is 0 Å². The molecule has 0 aliphatic carbocycles. The smallest absolute Gasteiger partial charge is 0.343 e. The van der Waals surface area contributed by atoms with Crippen molar-refractivity contribution in [2.45, 2.75) is 40.0 Å². The number of carboxylic acids is 1. The van der Waals surface area contributed by atoms with E-state index in [-0.39, 0.29) is 40.0 Å². The molecule has 2 aromatic rings. The Morgan fingerprint density at radius 3 is 2.52 bits per heavy atom. The third kappa shape index (κ3) is 4.58. The average Bonchev–Trinajstić information content (AvgIpc) is 2.59. The van der Waals surface area contributed by atoms with Crippen molar-refractivity contribution in [2.75, 3.05) is 7.11 Å². The maximum atomic E-state index is 12.3. The first-order valence-electron chi connectivity index (χ1n) is 8.64. The summed E-state index contributed by atoms with van der Waals surface area (Å²) in [6.45, 7) is 6.04. The molecule has 0 saturated carbocycles. The summed E-state index contributed by atoms with van der Waals surface area (Å²) in [5.74, 6) is -1.54. The van der Waals surface area contributed by atoms with Gasteiger partial charge in [0.05, 0.1) is 12.7 Å². The van der Waals surface area contributed by atoms with E-state index >= 15 is 0 Å². The van der Waals surface area contributed by atoms with E-state index in [2.05, 4.69) is 6.08 Å². The van der Waals surface area contributed by atoms with Gasteiger partial charge in [-0.05, 0) is 45.7 Å². The monoisotopic (exact) mass is 372 g/mol. The van der Waals surface area contributed by atoms with Gasteiger partial charge in [0.2, 0.25) is 0 Å². The fourth-order valence-electron chi connectivity index (χ4n) is 2.81. The van der Waals surface area contributed by atoms with E-state index in [1.807, 2.05) is 26.8 Å². The van der Waals surface area contributed by atoms with Crippen LogP contribution in [-0.4, -0.2) is 23.3 Å². The molecule has 0 unspecified atom stereocenters. The standard InChI is InChI=1S/C21H24O6/c1-12(2)6-5-7-13(3)8-9-14-18(22)17-16(27-21(14)25)11-10-15(20(23)24)19(17)26-4/h6,8,10-11,22H,5,7,9H2,1-4H3,(H,23,24)/b13-8+. The van der Waals surface area contributed by atoms with Gasteiger partial charge in [0.15, 0.2) is 0 Å². The fourth-order valence-corrected chi connectivity index (χ4v) is 2.81. The predicted octanol–water partition coefficient (Wildman–Crippen LogP) is 4.44. The van der Waals surface area contributed by atoms with Crippen LogP contribution in [0.15, 0.2) is 44.6 Å². The van der Waals surface area contributed by atoms with Crippen LogP contribution in [0.3, 0.4) is 0 Å². The number of benzene rings is 1. The van der Waals surface area contributed by atoms with Crippen LogP contribution >= 0.6 is 0 Å². The number of aromatic carboxylic acids is 1. The van der Waals surface area contributed by atoms with Crippen molar-refractivity contribution in [1.29, 1.82) is 0 Å². The van der Waals surface area contributed by atoms with Gasteiger partial charge >= 0.3 is 11.6 Å². The van der Waals surface area contributed by atoms with E-state index in [4.69, 9.17) is 9.15 Å². The fraction of sp³-hybridized carbons (Fsp3) is 0.333. The van der Waals surface area contributed by atoms with Gasteiger partial charge in [0.1, 0.15) is 28.0 Å². The van der Waals surface area contributed by atoms with E-state index in [1.54, 1.807) is 0 Å². The van der Waals surface area contributed by atoms with Crippen LogP contribution in [0.1, 0.15) is 49.5 Å². The van der Waals surface area contributed by atoms with Crippen molar-refractivity contribution in [3.63, 3.8) is 0 Å². The Kier molecular flexibility index (Phi) is 6.45. The molecule has 0 amide bonds. The van der Waals surface area contributed by atoms with Gasteiger partial charge in [0, 0.05) is 6.42 Å². The van der Waals surface area contributed by atoms with Crippen LogP contribution in [0, 0.1) is 0 Å². The second-order valence-electron chi connectivity index (χ2n) is 6.62. The van der Waals surface area contributed by atoms with E-state index < -0.39 is 11.6 Å². The summed E-state index contributed by atoms with van der Waals surface area (Å²) in [5.41, 5.74) is 1.71. The number of ether oxygens (including phenoxy) is 1. The van der Waals surface area contributed by atoms with Crippen molar-refractivity contribution >= 4 is 16.9 Å². The molecule has 1 aromatic carbocycles. The molecule has 0 fully saturated rings. The van der Waals surface area contributed by atoms with Crippen LogP contribution in [0.25, 0.3) is 11.0 Å². The molecule has 1 aromatic heterocycles. The third-order valence-corrected chi connectivity index (χ3v) is 4.27. The Morgan fingerprint density at radius 1 is 1.22 bits per heavy atom. The molecule has 144 valence electrons. The number of fused-ring (bicyclic) bond motifs is 1. The number of hydrogen-bond acceptors (Lipinski definition) is 5. The Labute approximate surface area is 157 Å². The first kappa shape index (κ1) is 20.3. The predicted molar refractivity (Wildman–Crippen MR) is 104 cm³/mol. The van der Waals surface area contributed by atoms with Crippen LogP contribution in [0.2, 0.25) is 0 Å². The summed E-state index contributed by atoms with van der Waals surface area (Å²) in [5, 5.41) is 20.0. The van der Waals surface area contributed by atoms with Crippen LogP contribution in [0.4, 0.5) is 0 Å². The largest absolute Gasteiger partial charge is 0.506 e. The minimum Gasteiger partial charge on any atom is -0.506 e. The molecule has 6 heteroatoms. The number of allylic oxidation sites excluding steroid dienone is 4. The number of methoxy groups -OCH3 is 1. The van der Waals surface area contributed by atoms with E-state index in [0.29, 0.717) is 0 Å². The molecule has 2 rings (SSSR count). The average molecular weight is 372 g/mol. The first-order chi connectivity index (χ1) is 12.8. The normalized spacial score (nSPS) is 11.5. The molecule has 1 heterocycles. The zero-order valence-corrected chi connectivity index (χ0v) is 16.0. The molecule has 0 saturated heterocycles. The highest BCUT2D eigenvalue weighted by molar-refractivity contribution is 6.01. The maximum absolute atomic E-state index is 12.3.